The highest BCUT2D eigenvalue weighted by atomic mass is 32.1. The lowest BCUT2D eigenvalue weighted by atomic mass is 9.83. The van der Waals surface area contributed by atoms with Gasteiger partial charge in [-0.25, -0.2) is 0 Å². The van der Waals surface area contributed by atoms with Crippen molar-refractivity contribution in [2.75, 3.05) is 13.1 Å². The molecule has 2 aliphatic carbocycles. The van der Waals surface area contributed by atoms with Crippen LogP contribution in [0.1, 0.15) is 51.0 Å². The maximum atomic E-state index is 3.96. The predicted molar refractivity (Wildman–Crippen MR) is 85.1 cm³/mol. The number of thiophene rings is 1. The van der Waals surface area contributed by atoms with Gasteiger partial charge in [-0.2, -0.15) is 11.3 Å². The highest BCUT2D eigenvalue weighted by Gasteiger charge is 2.51. The molecule has 1 aromatic heterocycles. The second-order valence-corrected chi connectivity index (χ2v) is 8.24. The van der Waals surface area contributed by atoms with Gasteiger partial charge in [0.05, 0.1) is 0 Å². The lowest BCUT2D eigenvalue weighted by molar-refractivity contribution is -0.000593. The fraction of sp³-hybridized carbons (Fsp3) is 0.765. The first-order valence-electron chi connectivity index (χ1n) is 8.21. The van der Waals surface area contributed by atoms with Gasteiger partial charge in [0.15, 0.2) is 0 Å². The number of piperazine rings is 1. The molecule has 0 radical (unpaired) electrons. The summed E-state index contributed by atoms with van der Waals surface area (Å²) in [7, 11) is 0. The first kappa shape index (κ1) is 13.3. The molecule has 0 amide bonds. The molecular formula is C17H26N2S. The third kappa shape index (κ3) is 2.24. The average Bonchev–Trinajstić information content (AvgIpc) is 2.99. The number of hydrogen-bond donors (Lipinski definition) is 1. The van der Waals surface area contributed by atoms with Crippen molar-refractivity contribution >= 4 is 11.3 Å². The molecule has 3 aliphatic rings. The summed E-state index contributed by atoms with van der Waals surface area (Å²) in [6.45, 7) is 6.08. The molecule has 1 N–H and O–H groups in total. The fourth-order valence-corrected chi connectivity index (χ4v) is 5.10. The monoisotopic (exact) mass is 290 g/mol. The zero-order chi connectivity index (χ0) is 13.6. The minimum Gasteiger partial charge on any atom is -0.308 e. The highest BCUT2D eigenvalue weighted by Crippen LogP contribution is 2.46. The Morgan fingerprint density at radius 3 is 2.80 bits per heavy atom. The molecule has 3 heteroatoms. The second-order valence-electron chi connectivity index (χ2n) is 7.46. The van der Waals surface area contributed by atoms with Crippen LogP contribution in [-0.4, -0.2) is 29.1 Å². The molecule has 4 rings (SSSR count). The quantitative estimate of drug-likeness (QED) is 0.914. The Labute approximate surface area is 126 Å². The van der Waals surface area contributed by atoms with Crippen LogP contribution in [0.15, 0.2) is 16.8 Å². The Morgan fingerprint density at radius 2 is 2.15 bits per heavy atom. The first-order valence-corrected chi connectivity index (χ1v) is 9.16. The average molecular weight is 290 g/mol. The van der Waals surface area contributed by atoms with Crippen LogP contribution in [0.5, 0.6) is 0 Å². The van der Waals surface area contributed by atoms with E-state index in [4.69, 9.17) is 0 Å². The van der Waals surface area contributed by atoms with Gasteiger partial charge >= 0.3 is 0 Å². The molecule has 20 heavy (non-hydrogen) atoms. The maximum absolute atomic E-state index is 3.96. The minimum atomic E-state index is 0.365. The van der Waals surface area contributed by atoms with Gasteiger partial charge in [0.2, 0.25) is 0 Å². The summed E-state index contributed by atoms with van der Waals surface area (Å²) in [4.78, 5) is 2.84. The molecule has 1 spiro atoms. The zero-order valence-electron chi connectivity index (χ0n) is 12.5. The molecule has 2 nitrogen and oxygen atoms in total. The number of nitrogens with one attached hydrogen (secondary N) is 1. The van der Waals surface area contributed by atoms with Crippen molar-refractivity contribution in [2.45, 2.75) is 63.1 Å². The van der Waals surface area contributed by atoms with Crippen LogP contribution in [0, 0.1) is 5.92 Å². The van der Waals surface area contributed by atoms with Crippen LogP contribution < -0.4 is 5.32 Å². The summed E-state index contributed by atoms with van der Waals surface area (Å²) < 4.78 is 0. The number of nitrogens with zero attached hydrogens (tertiary/aromatic N) is 1. The minimum absolute atomic E-state index is 0.365. The maximum Gasteiger partial charge on any atom is 0.0338 e. The molecule has 0 bridgehead atoms. The molecule has 1 aliphatic heterocycles. The van der Waals surface area contributed by atoms with E-state index >= 15 is 0 Å². The van der Waals surface area contributed by atoms with Gasteiger partial charge in [-0.15, -0.1) is 0 Å². The molecule has 1 saturated heterocycles. The van der Waals surface area contributed by atoms with Gasteiger partial charge in [-0.1, -0.05) is 12.8 Å². The number of rotatable bonds is 3. The molecule has 2 heterocycles. The summed E-state index contributed by atoms with van der Waals surface area (Å²) in [5, 5.41) is 8.51. The van der Waals surface area contributed by atoms with Crippen molar-refractivity contribution in [1.29, 1.82) is 0 Å². The van der Waals surface area contributed by atoms with E-state index in [2.05, 4.69) is 34.0 Å². The molecular weight excluding hydrogens is 264 g/mol. The first-order chi connectivity index (χ1) is 9.70. The third-order valence-electron chi connectivity index (χ3n) is 5.98. The number of hydrogen-bond acceptors (Lipinski definition) is 3. The molecule has 1 atom stereocenters. The SMILES string of the molecule is CC1(C2CC2)CN(Cc2ccsc2)C2(CCCC2)CN1. The Bertz CT molecular complexity index is 459. The lowest BCUT2D eigenvalue weighted by Crippen LogP contribution is -2.68. The van der Waals surface area contributed by atoms with Gasteiger partial charge in [-0.3, -0.25) is 4.90 Å². The van der Waals surface area contributed by atoms with E-state index in [1.54, 1.807) is 0 Å². The van der Waals surface area contributed by atoms with Crippen LogP contribution >= 0.6 is 11.3 Å². The van der Waals surface area contributed by atoms with Crippen molar-refractivity contribution in [1.82, 2.24) is 10.2 Å². The topological polar surface area (TPSA) is 15.3 Å². The van der Waals surface area contributed by atoms with Crippen molar-refractivity contribution in [3.63, 3.8) is 0 Å². The second kappa shape index (κ2) is 4.82. The zero-order valence-corrected chi connectivity index (χ0v) is 13.3. The molecule has 1 unspecified atom stereocenters. The van der Waals surface area contributed by atoms with Crippen LogP contribution in [0.3, 0.4) is 0 Å². The van der Waals surface area contributed by atoms with Gasteiger partial charge < -0.3 is 5.32 Å². The van der Waals surface area contributed by atoms with E-state index in [9.17, 15) is 0 Å². The van der Waals surface area contributed by atoms with Gasteiger partial charge in [-0.05, 0) is 60.9 Å². The van der Waals surface area contributed by atoms with Crippen molar-refractivity contribution in [3.8, 4) is 0 Å². The fourth-order valence-electron chi connectivity index (χ4n) is 4.44. The molecule has 0 aromatic carbocycles. The molecule has 110 valence electrons. The summed E-state index contributed by atoms with van der Waals surface area (Å²) in [5.41, 5.74) is 2.33. The summed E-state index contributed by atoms with van der Waals surface area (Å²) >= 11 is 1.84. The van der Waals surface area contributed by atoms with Crippen molar-refractivity contribution in [2.24, 2.45) is 5.92 Å². The normalized spacial score (nSPS) is 33.9. The van der Waals surface area contributed by atoms with E-state index < -0.39 is 0 Å². The van der Waals surface area contributed by atoms with Crippen molar-refractivity contribution < 1.29 is 0 Å². The smallest absolute Gasteiger partial charge is 0.0338 e. The summed E-state index contributed by atoms with van der Waals surface area (Å²) in [6, 6.07) is 2.31. The standard InChI is InChI=1S/C17H26N2S/c1-16(15-4-5-15)13-19(10-14-6-9-20-11-14)17(12-18-16)7-2-3-8-17/h6,9,11,15,18H,2-5,7-8,10,12-13H2,1H3. The highest BCUT2D eigenvalue weighted by molar-refractivity contribution is 7.07. The Morgan fingerprint density at radius 1 is 1.35 bits per heavy atom. The summed E-state index contributed by atoms with van der Waals surface area (Å²) in [6.07, 6.45) is 8.49. The molecule has 2 saturated carbocycles. The van der Waals surface area contributed by atoms with E-state index in [0.29, 0.717) is 11.1 Å². The Balaban J connectivity index is 1.58. The Kier molecular flexibility index (Phi) is 3.21. The van der Waals surface area contributed by atoms with Crippen LogP contribution in [0.2, 0.25) is 0 Å². The van der Waals surface area contributed by atoms with Crippen LogP contribution in [-0.2, 0) is 6.54 Å². The van der Waals surface area contributed by atoms with Crippen LogP contribution in [0.25, 0.3) is 0 Å². The third-order valence-corrected chi connectivity index (χ3v) is 6.71. The van der Waals surface area contributed by atoms with E-state index in [0.717, 1.165) is 12.5 Å². The predicted octanol–water partition coefficient (Wildman–Crippen LogP) is 3.63. The van der Waals surface area contributed by atoms with Gasteiger partial charge in [0.1, 0.15) is 0 Å². The van der Waals surface area contributed by atoms with E-state index in [-0.39, 0.29) is 0 Å². The van der Waals surface area contributed by atoms with Crippen LogP contribution in [0.4, 0.5) is 0 Å². The van der Waals surface area contributed by atoms with Gasteiger partial charge in [0, 0.05) is 30.7 Å². The van der Waals surface area contributed by atoms with E-state index in [1.807, 2.05) is 11.3 Å². The summed E-state index contributed by atoms with van der Waals surface area (Å²) in [5.74, 6) is 0.922. The van der Waals surface area contributed by atoms with E-state index in [1.165, 1.54) is 57.2 Å². The largest absolute Gasteiger partial charge is 0.308 e. The molecule has 3 fully saturated rings. The van der Waals surface area contributed by atoms with Crippen molar-refractivity contribution in [3.05, 3.63) is 22.4 Å². The molecule has 1 aromatic rings. The van der Waals surface area contributed by atoms with Gasteiger partial charge in [0.25, 0.3) is 0 Å². The lowest BCUT2D eigenvalue weighted by Gasteiger charge is -2.53. The Hall–Kier alpha value is -0.380.